The first-order chi connectivity index (χ1) is 8.72. The second kappa shape index (κ2) is 4.17. The van der Waals surface area contributed by atoms with Gasteiger partial charge in [-0.25, -0.2) is 4.98 Å². The van der Waals surface area contributed by atoms with Crippen LogP contribution < -0.4 is 0 Å². The molecule has 1 saturated carbocycles. The molecule has 2 aromatic rings. The maximum absolute atomic E-state index is 11.4. The standard InChI is InChI=1S/C13H12N2O2S/c16-12(17)13(5-3-6-13)11-15-10(8-18-11)9-4-1-2-7-14-9/h1-2,4,7-8H,3,5-6H2,(H,16,17). The molecule has 3 rings (SSSR count). The summed E-state index contributed by atoms with van der Waals surface area (Å²) in [7, 11) is 0. The van der Waals surface area contributed by atoms with Crippen molar-refractivity contribution in [3.8, 4) is 11.4 Å². The second-order valence-electron chi connectivity index (χ2n) is 4.49. The number of carbonyl (C=O) groups is 1. The zero-order chi connectivity index (χ0) is 12.6. The van der Waals surface area contributed by atoms with Crippen LogP contribution in [0.25, 0.3) is 11.4 Å². The first kappa shape index (κ1) is 11.3. The Balaban J connectivity index is 1.97. The van der Waals surface area contributed by atoms with Crippen molar-refractivity contribution < 1.29 is 9.90 Å². The van der Waals surface area contributed by atoms with Gasteiger partial charge in [0.2, 0.25) is 0 Å². The van der Waals surface area contributed by atoms with Gasteiger partial charge in [0, 0.05) is 11.6 Å². The van der Waals surface area contributed by atoms with Crippen LogP contribution in [0.1, 0.15) is 24.3 Å². The molecular weight excluding hydrogens is 248 g/mol. The Morgan fingerprint density at radius 1 is 1.33 bits per heavy atom. The molecule has 1 N–H and O–H groups in total. The number of rotatable bonds is 3. The number of hydrogen-bond donors (Lipinski definition) is 1. The summed E-state index contributed by atoms with van der Waals surface area (Å²) in [6, 6.07) is 5.63. The van der Waals surface area contributed by atoms with Gasteiger partial charge in [0.05, 0.1) is 11.4 Å². The minimum atomic E-state index is -0.754. The third kappa shape index (κ3) is 1.62. The average Bonchev–Trinajstić information content (AvgIpc) is 2.78. The molecular formula is C13H12N2O2S. The van der Waals surface area contributed by atoms with Gasteiger partial charge in [-0.1, -0.05) is 12.5 Å². The van der Waals surface area contributed by atoms with Crippen molar-refractivity contribution in [3.63, 3.8) is 0 Å². The molecule has 0 unspecified atom stereocenters. The third-order valence-electron chi connectivity index (χ3n) is 3.46. The lowest BCUT2D eigenvalue weighted by atomic mass is 9.69. The van der Waals surface area contributed by atoms with Gasteiger partial charge in [-0.05, 0) is 25.0 Å². The predicted molar refractivity (Wildman–Crippen MR) is 68.5 cm³/mol. The third-order valence-corrected chi connectivity index (χ3v) is 4.50. The van der Waals surface area contributed by atoms with Gasteiger partial charge in [-0.3, -0.25) is 9.78 Å². The molecule has 18 heavy (non-hydrogen) atoms. The van der Waals surface area contributed by atoms with Crippen LogP contribution in [0.3, 0.4) is 0 Å². The number of aliphatic carboxylic acids is 1. The Morgan fingerprint density at radius 3 is 2.72 bits per heavy atom. The van der Waals surface area contributed by atoms with Crippen LogP contribution in [0.15, 0.2) is 29.8 Å². The first-order valence-corrected chi connectivity index (χ1v) is 6.71. The van der Waals surface area contributed by atoms with Crippen LogP contribution in [0, 0.1) is 0 Å². The minimum Gasteiger partial charge on any atom is -0.481 e. The topological polar surface area (TPSA) is 63.1 Å². The molecule has 5 heteroatoms. The smallest absolute Gasteiger partial charge is 0.316 e. The number of aromatic nitrogens is 2. The zero-order valence-corrected chi connectivity index (χ0v) is 10.5. The van der Waals surface area contributed by atoms with E-state index in [4.69, 9.17) is 0 Å². The number of thiazole rings is 1. The molecule has 0 aliphatic heterocycles. The Morgan fingerprint density at radius 2 is 2.17 bits per heavy atom. The average molecular weight is 260 g/mol. The van der Waals surface area contributed by atoms with Crippen LogP contribution in [-0.2, 0) is 10.2 Å². The molecule has 0 atom stereocenters. The highest BCUT2D eigenvalue weighted by Crippen LogP contribution is 2.45. The van der Waals surface area contributed by atoms with Gasteiger partial charge in [-0.2, -0.15) is 0 Å². The van der Waals surface area contributed by atoms with Crippen LogP contribution >= 0.6 is 11.3 Å². The van der Waals surface area contributed by atoms with E-state index < -0.39 is 11.4 Å². The van der Waals surface area contributed by atoms with Gasteiger partial charge in [0.25, 0.3) is 0 Å². The fraction of sp³-hybridized carbons (Fsp3) is 0.308. The highest BCUT2D eigenvalue weighted by molar-refractivity contribution is 7.10. The highest BCUT2D eigenvalue weighted by atomic mass is 32.1. The predicted octanol–water partition coefficient (Wildman–Crippen LogP) is 2.71. The summed E-state index contributed by atoms with van der Waals surface area (Å²) in [5.41, 5.74) is 0.820. The van der Waals surface area contributed by atoms with Crippen molar-refractivity contribution in [1.29, 1.82) is 0 Å². The fourth-order valence-electron chi connectivity index (χ4n) is 2.17. The summed E-state index contributed by atoms with van der Waals surface area (Å²) in [6.45, 7) is 0. The van der Waals surface area contributed by atoms with E-state index in [2.05, 4.69) is 9.97 Å². The normalized spacial score (nSPS) is 17.1. The Hall–Kier alpha value is -1.75. The van der Waals surface area contributed by atoms with Crippen molar-refractivity contribution in [3.05, 3.63) is 34.8 Å². The van der Waals surface area contributed by atoms with Gasteiger partial charge in [0.15, 0.2) is 0 Å². The van der Waals surface area contributed by atoms with Crippen LogP contribution in [-0.4, -0.2) is 21.0 Å². The molecule has 4 nitrogen and oxygen atoms in total. The number of carboxylic acids is 1. The summed E-state index contributed by atoms with van der Waals surface area (Å²) >= 11 is 1.42. The number of nitrogens with zero attached hydrogens (tertiary/aromatic N) is 2. The molecule has 0 amide bonds. The van der Waals surface area contributed by atoms with E-state index in [0.29, 0.717) is 17.8 Å². The number of hydrogen-bond acceptors (Lipinski definition) is 4. The minimum absolute atomic E-state index is 0.692. The van der Waals surface area contributed by atoms with E-state index in [9.17, 15) is 9.90 Å². The molecule has 0 saturated heterocycles. The van der Waals surface area contributed by atoms with Gasteiger partial charge >= 0.3 is 5.97 Å². The lowest BCUT2D eigenvalue weighted by Crippen LogP contribution is -2.42. The van der Waals surface area contributed by atoms with E-state index in [1.165, 1.54) is 11.3 Å². The summed E-state index contributed by atoms with van der Waals surface area (Å²) in [6.07, 6.45) is 4.06. The number of pyridine rings is 1. The Labute approximate surface area is 108 Å². The van der Waals surface area contributed by atoms with Gasteiger partial charge < -0.3 is 5.11 Å². The van der Waals surface area contributed by atoms with Crippen LogP contribution in [0.5, 0.6) is 0 Å². The largest absolute Gasteiger partial charge is 0.481 e. The maximum Gasteiger partial charge on any atom is 0.316 e. The molecule has 2 heterocycles. The molecule has 1 fully saturated rings. The van der Waals surface area contributed by atoms with E-state index in [-0.39, 0.29) is 0 Å². The van der Waals surface area contributed by atoms with Crippen molar-refractivity contribution >= 4 is 17.3 Å². The molecule has 1 aliphatic rings. The summed E-state index contributed by atoms with van der Waals surface area (Å²) in [4.78, 5) is 20.1. The van der Waals surface area contributed by atoms with Crippen molar-refractivity contribution in [2.45, 2.75) is 24.7 Å². The molecule has 92 valence electrons. The first-order valence-electron chi connectivity index (χ1n) is 5.83. The Kier molecular flexibility index (Phi) is 2.63. The molecule has 1 aliphatic carbocycles. The fourth-order valence-corrected chi connectivity index (χ4v) is 3.24. The van der Waals surface area contributed by atoms with E-state index in [1.807, 2.05) is 23.6 Å². The number of carboxylic acid groups (broad SMARTS) is 1. The van der Waals surface area contributed by atoms with E-state index in [1.54, 1.807) is 6.20 Å². The quantitative estimate of drug-likeness (QED) is 0.921. The lowest BCUT2D eigenvalue weighted by Gasteiger charge is -2.35. The van der Waals surface area contributed by atoms with Crippen molar-refractivity contribution in [2.24, 2.45) is 0 Å². The van der Waals surface area contributed by atoms with E-state index in [0.717, 1.165) is 17.8 Å². The summed E-state index contributed by atoms with van der Waals surface area (Å²) < 4.78 is 0. The molecule has 2 aromatic heterocycles. The lowest BCUT2D eigenvalue weighted by molar-refractivity contribution is -0.147. The monoisotopic (exact) mass is 260 g/mol. The van der Waals surface area contributed by atoms with Crippen LogP contribution in [0.2, 0.25) is 0 Å². The molecule has 0 bridgehead atoms. The summed E-state index contributed by atoms with van der Waals surface area (Å²) in [5, 5.41) is 12.0. The van der Waals surface area contributed by atoms with Gasteiger partial charge in [-0.15, -0.1) is 11.3 Å². The van der Waals surface area contributed by atoms with Crippen molar-refractivity contribution in [1.82, 2.24) is 9.97 Å². The Bertz CT molecular complexity index is 576. The van der Waals surface area contributed by atoms with Gasteiger partial charge in [0.1, 0.15) is 10.4 Å². The summed E-state index contributed by atoms with van der Waals surface area (Å²) in [5.74, 6) is -0.754. The maximum atomic E-state index is 11.4. The van der Waals surface area contributed by atoms with E-state index >= 15 is 0 Å². The molecule has 0 spiro atoms. The zero-order valence-electron chi connectivity index (χ0n) is 9.67. The van der Waals surface area contributed by atoms with Crippen LogP contribution in [0.4, 0.5) is 0 Å². The molecule has 0 aromatic carbocycles. The highest BCUT2D eigenvalue weighted by Gasteiger charge is 2.48. The second-order valence-corrected chi connectivity index (χ2v) is 5.35. The SMILES string of the molecule is O=C(O)C1(c2nc(-c3ccccn3)cs2)CCC1. The van der Waals surface area contributed by atoms with Crippen molar-refractivity contribution in [2.75, 3.05) is 0 Å². The molecule has 0 radical (unpaired) electrons.